The van der Waals surface area contributed by atoms with Gasteiger partial charge in [-0.2, -0.15) is 8.75 Å². The molecule has 0 aliphatic heterocycles. The Morgan fingerprint density at radius 1 is 1.08 bits per heavy atom. The molecule has 0 aliphatic rings. The average Bonchev–Trinajstić information content (AvgIpc) is 2.48. The van der Waals surface area contributed by atoms with Gasteiger partial charge < -0.3 is 0 Å². The molecule has 3 heteroatoms. The molecular formula is C9H10N2S. The fourth-order valence-electron chi connectivity index (χ4n) is 1.34. The van der Waals surface area contributed by atoms with E-state index in [1.807, 2.05) is 0 Å². The highest BCUT2D eigenvalue weighted by Crippen LogP contribution is 2.22. The van der Waals surface area contributed by atoms with Crippen molar-refractivity contribution in [1.29, 1.82) is 0 Å². The molecule has 2 rings (SSSR count). The topological polar surface area (TPSA) is 25.8 Å². The summed E-state index contributed by atoms with van der Waals surface area (Å²) in [4.78, 5) is 0. The molecule has 0 N–H and O–H groups in total. The SMILES string of the molecule is Cc1cc2nsnc2c(C)c1C. The molecule has 0 spiro atoms. The zero-order valence-electron chi connectivity index (χ0n) is 7.38. The van der Waals surface area contributed by atoms with Crippen LogP contribution in [0.4, 0.5) is 0 Å². The third kappa shape index (κ3) is 0.932. The molecule has 62 valence electrons. The van der Waals surface area contributed by atoms with Crippen molar-refractivity contribution < 1.29 is 0 Å². The van der Waals surface area contributed by atoms with E-state index >= 15 is 0 Å². The third-order valence-electron chi connectivity index (χ3n) is 2.38. The summed E-state index contributed by atoms with van der Waals surface area (Å²) in [7, 11) is 0. The Balaban J connectivity index is 2.94. The van der Waals surface area contributed by atoms with Crippen LogP contribution in [0, 0.1) is 20.8 Å². The van der Waals surface area contributed by atoms with E-state index in [9.17, 15) is 0 Å². The van der Waals surface area contributed by atoms with Gasteiger partial charge in [0.05, 0.1) is 11.7 Å². The van der Waals surface area contributed by atoms with Crippen molar-refractivity contribution in [2.75, 3.05) is 0 Å². The zero-order valence-corrected chi connectivity index (χ0v) is 8.20. The van der Waals surface area contributed by atoms with Crippen LogP contribution in [0.3, 0.4) is 0 Å². The molecule has 1 heterocycles. The summed E-state index contributed by atoms with van der Waals surface area (Å²) in [6.45, 7) is 6.34. The van der Waals surface area contributed by atoms with E-state index in [4.69, 9.17) is 0 Å². The minimum absolute atomic E-state index is 1.03. The number of rotatable bonds is 0. The fraction of sp³-hybridized carbons (Fsp3) is 0.333. The molecule has 1 aromatic carbocycles. The molecule has 0 atom stereocenters. The normalized spacial score (nSPS) is 10.9. The quantitative estimate of drug-likeness (QED) is 0.619. The Bertz CT molecular complexity index is 431. The molecule has 12 heavy (non-hydrogen) atoms. The first kappa shape index (κ1) is 7.68. The standard InChI is InChI=1S/C9H10N2S/c1-5-4-8-9(11-12-10-8)7(3)6(5)2/h4H,1-3H3. The molecule has 0 bridgehead atoms. The van der Waals surface area contributed by atoms with E-state index in [1.165, 1.54) is 28.4 Å². The summed E-state index contributed by atoms with van der Waals surface area (Å²) in [5.41, 5.74) is 5.98. The van der Waals surface area contributed by atoms with Gasteiger partial charge in [-0.25, -0.2) is 0 Å². The first-order valence-electron chi connectivity index (χ1n) is 3.89. The molecule has 0 radical (unpaired) electrons. The fourth-order valence-corrected chi connectivity index (χ4v) is 1.92. The molecule has 2 nitrogen and oxygen atoms in total. The second kappa shape index (κ2) is 2.52. The van der Waals surface area contributed by atoms with E-state index in [-0.39, 0.29) is 0 Å². The second-order valence-corrected chi connectivity index (χ2v) is 3.60. The smallest absolute Gasteiger partial charge is 0.107 e. The first-order valence-corrected chi connectivity index (χ1v) is 4.62. The van der Waals surface area contributed by atoms with Crippen LogP contribution >= 0.6 is 11.7 Å². The molecular weight excluding hydrogens is 168 g/mol. The molecule has 0 fully saturated rings. The van der Waals surface area contributed by atoms with Gasteiger partial charge >= 0.3 is 0 Å². The van der Waals surface area contributed by atoms with Crippen LogP contribution in [0.15, 0.2) is 6.07 Å². The number of aryl methyl sites for hydroxylation is 2. The second-order valence-electron chi connectivity index (χ2n) is 3.08. The average molecular weight is 178 g/mol. The predicted molar refractivity (Wildman–Crippen MR) is 51.6 cm³/mol. The van der Waals surface area contributed by atoms with Crippen molar-refractivity contribution in [3.63, 3.8) is 0 Å². The maximum Gasteiger partial charge on any atom is 0.107 e. The molecule has 0 saturated heterocycles. The number of nitrogens with zero attached hydrogens (tertiary/aromatic N) is 2. The Hall–Kier alpha value is -0.960. The molecule has 2 aromatic rings. The van der Waals surface area contributed by atoms with Crippen molar-refractivity contribution in [1.82, 2.24) is 8.75 Å². The summed E-state index contributed by atoms with van der Waals surface area (Å²) < 4.78 is 8.46. The Labute approximate surface area is 75.6 Å². The van der Waals surface area contributed by atoms with Crippen molar-refractivity contribution >= 4 is 22.8 Å². The van der Waals surface area contributed by atoms with Crippen molar-refractivity contribution in [2.24, 2.45) is 0 Å². The Kier molecular flexibility index (Phi) is 1.61. The molecule has 1 aromatic heterocycles. The molecule has 0 unspecified atom stereocenters. The lowest BCUT2D eigenvalue weighted by molar-refractivity contribution is 1.28. The predicted octanol–water partition coefficient (Wildman–Crippen LogP) is 2.62. The van der Waals surface area contributed by atoms with Crippen LogP contribution in [-0.2, 0) is 0 Å². The van der Waals surface area contributed by atoms with Crippen LogP contribution < -0.4 is 0 Å². The minimum atomic E-state index is 1.03. The van der Waals surface area contributed by atoms with Gasteiger partial charge in [0.15, 0.2) is 0 Å². The summed E-state index contributed by atoms with van der Waals surface area (Å²) in [5, 5.41) is 0. The summed E-state index contributed by atoms with van der Waals surface area (Å²) >= 11 is 1.28. The maximum absolute atomic E-state index is 4.25. The van der Waals surface area contributed by atoms with Gasteiger partial charge in [0.1, 0.15) is 11.0 Å². The number of fused-ring (bicyclic) bond motifs is 1. The zero-order chi connectivity index (χ0) is 8.72. The first-order chi connectivity index (χ1) is 5.70. The van der Waals surface area contributed by atoms with Gasteiger partial charge in [0.25, 0.3) is 0 Å². The molecule has 0 aliphatic carbocycles. The number of hydrogen-bond acceptors (Lipinski definition) is 3. The van der Waals surface area contributed by atoms with Gasteiger partial charge in [0, 0.05) is 0 Å². The van der Waals surface area contributed by atoms with Crippen LogP contribution in [0.25, 0.3) is 11.0 Å². The van der Waals surface area contributed by atoms with Gasteiger partial charge in [-0.05, 0) is 43.5 Å². The highest BCUT2D eigenvalue weighted by Gasteiger charge is 2.06. The van der Waals surface area contributed by atoms with E-state index in [1.54, 1.807) is 0 Å². The third-order valence-corrected chi connectivity index (χ3v) is 2.92. The van der Waals surface area contributed by atoms with Gasteiger partial charge in [-0.15, -0.1) is 0 Å². The minimum Gasteiger partial charge on any atom is -0.173 e. The van der Waals surface area contributed by atoms with Gasteiger partial charge in [0.2, 0.25) is 0 Å². The van der Waals surface area contributed by atoms with Crippen molar-refractivity contribution in [3.8, 4) is 0 Å². The molecule has 0 amide bonds. The van der Waals surface area contributed by atoms with E-state index in [0.717, 1.165) is 11.0 Å². The van der Waals surface area contributed by atoms with E-state index in [0.29, 0.717) is 0 Å². The number of aromatic nitrogens is 2. The highest BCUT2D eigenvalue weighted by molar-refractivity contribution is 7.00. The van der Waals surface area contributed by atoms with Crippen LogP contribution in [0.5, 0.6) is 0 Å². The monoisotopic (exact) mass is 178 g/mol. The van der Waals surface area contributed by atoms with Crippen molar-refractivity contribution in [3.05, 3.63) is 22.8 Å². The lowest BCUT2D eigenvalue weighted by Gasteiger charge is -2.03. The summed E-state index contributed by atoms with van der Waals surface area (Å²) in [6, 6.07) is 2.10. The van der Waals surface area contributed by atoms with Gasteiger partial charge in [-0.1, -0.05) is 0 Å². The Morgan fingerprint density at radius 3 is 2.58 bits per heavy atom. The van der Waals surface area contributed by atoms with E-state index < -0.39 is 0 Å². The lowest BCUT2D eigenvalue weighted by Crippen LogP contribution is -1.87. The van der Waals surface area contributed by atoms with Crippen LogP contribution in [0.1, 0.15) is 16.7 Å². The van der Waals surface area contributed by atoms with E-state index in [2.05, 4.69) is 35.6 Å². The highest BCUT2D eigenvalue weighted by atomic mass is 32.1. The largest absolute Gasteiger partial charge is 0.173 e. The number of benzene rings is 1. The Morgan fingerprint density at radius 2 is 1.83 bits per heavy atom. The van der Waals surface area contributed by atoms with Crippen LogP contribution in [0.2, 0.25) is 0 Å². The van der Waals surface area contributed by atoms with Gasteiger partial charge in [-0.3, -0.25) is 0 Å². The van der Waals surface area contributed by atoms with Crippen molar-refractivity contribution in [2.45, 2.75) is 20.8 Å². The van der Waals surface area contributed by atoms with Crippen LogP contribution in [-0.4, -0.2) is 8.75 Å². The maximum atomic E-state index is 4.25. The summed E-state index contributed by atoms with van der Waals surface area (Å²) in [5.74, 6) is 0. The lowest BCUT2D eigenvalue weighted by atomic mass is 10.0. The molecule has 0 saturated carbocycles. The number of hydrogen-bond donors (Lipinski definition) is 0. The summed E-state index contributed by atoms with van der Waals surface area (Å²) in [6.07, 6.45) is 0.